The lowest BCUT2D eigenvalue weighted by atomic mass is 10.1. The highest BCUT2D eigenvalue weighted by Gasteiger charge is 2.19. The van der Waals surface area contributed by atoms with E-state index in [4.69, 9.17) is 11.6 Å². The van der Waals surface area contributed by atoms with Crippen LogP contribution in [0.5, 0.6) is 0 Å². The van der Waals surface area contributed by atoms with Gasteiger partial charge in [0.25, 0.3) is 0 Å². The van der Waals surface area contributed by atoms with Gasteiger partial charge in [-0.3, -0.25) is 4.79 Å². The molecule has 0 aromatic carbocycles. The Kier molecular flexibility index (Phi) is 4.94. The average molecular weight is 397 g/mol. The van der Waals surface area contributed by atoms with Gasteiger partial charge in [0.05, 0.1) is 16.9 Å². The summed E-state index contributed by atoms with van der Waals surface area (Å²) in [5, 5.41) is 17.5. The number of hydrogen-bond donors (Lipinski definition) is 2. The van der Waals surface area contributed by atoms with Crippen LogP contribution in [0.2, 0.25) is 0 Å². The summed E-state index contributed by atoms with van der Waals surface area (Å²) in [4.78, 5) is 20.7. The fraction of sp³-hybridized carbons (Fsp3) is 0.158. The van der Waals surface area contributed by atoms with Gasteiger partial charge in [0.2, 0.25) is 5.78 Å². The third kappa shape index (κ3) is 3.67. The number of aliphatic hydroxyl groups excluding tert-OH is 1. The molecular weight excluding hydrogens is 380 g/mol. The van der Waals surface area contributed by atoms with E-state index in [0.29, 0.717) is 18.1 Å². The van der Waals surface area contributed by atoms with Crippen LogP contribution in [-0.4, -0.2) is 42.3 Å². The molecule has 3 aromatic rings. The lowest BCUT2D eigenvalue weighted by Gasteiger charge is -2.08. The summed E-state index contributed by atoms with van der Waals surface area (Å²) in [5.74, 6) is -0.105. The van der Waals surface area contributed by atoms with Crippen molar-refractivity contribution in [2.24, 2.45) is 4.99 Å². The maximum absolute atomic E-state index is 12.2. The van der Waals surface area contributed by atoms with Gasteiger partial charge in [0.1, 0.15) is 17.2 Å². The number of aliphatic hydroxyl groups is 1. The molecule has 0 atom stereocenters. The van der Waals surface area contributed by atoms with E-state index in [9.17, 15) is 9.90 Å². The summed E-state index contributed by atoms with van der Waals surface area (Å²) in [7, 11) is 0. The quantitative estimate of drug-likeness (QED) is 0.492. The smallest absolute Gasteiger partial charge is 0.207 e. The second kappa shape index (κ2) is 7.69. The molecule has 0 saturated carbocycles. The minimum atomic E-state index is -0.414. The zero-order valence-corrected chi connectivity index (χ0v) is 15.5. The van der Waals surface area contributed by atoms with Gasteiger partial charge in [-0.2, -0.15) is 0 Å². The van der Waals surface area contributed by atoms with E-state index in [1.165, 1.54) is 6.08 Å². The van der Waals surface area contributed by atoms with Crippen molar-refractivity contribution in [3.63, 3.8) is 0 Å². The Labute approximate surface area is 165 Å². The van der Waals surface area contributed by atoms with Gasteiger partial charge in [-0.05, 0) is 24.6 Å². The highest BCUT2D eigenvalue weighted by atomic mass is 35.5. The van der Waals surface area contributed by atoms with Gasteiger partial charge >= 0.3 is 0 Å². The first-order valence-electron chi connectivity index (χ1n) is 8.70. The van der Waals surface area contributed by atoms with Gasteiger partial charge in [0.15, 0.2) is 5.82 Å². The molecule has 9 heteroatoms. The number of carbonyl (C=O) groups is 1. The minimum Gasteiger partial charge on any atom is -0.506 e. The Hall–Kier alpha value is -3.39. The standard InChI is InChI=1S/C19H17ClN6O2/c20-13-10-14(17(28)11-16(13)27)23-18-15-4-1-2-8-26(15)24-19(18)22-5-3-7-25-9-6-21-12-25/h1-2,4,6,8-12,27H,3,5,7H2,(H,22,24). The number of allylic oxidation sites excluding steroid dienone is 3. The summed E-state index contributed by atoms with van der Waals surface area (Å²) >= 11 is 5.94. The second-order valence-electron chi connectivity index (χ2n) is 6.19. The van der Waals surface area contributed by atoms with Crippen molar-refractivity contribution in [2.45, 2.75) is 13.0 Å². The third-order valence-corrected chi connectivity index (χ3v) is 4.52. The molecule has 0 fully saturated rings. The first kappa shape index (κ1) is 18.0. The number of rotatable bonds is 6. The highest BCUT2D eigenvalue weighted by molar-refractivity contribution is 6.52. The monoisotopic (exact) mass is 396 g/mol. The molecule has 0 amide bonds. The zero-order chi connectivity index (χ0) is 19.5. The number of hydrogen-bond acceptors (Lipinski definition) is 6. The first-order valence-corrected chi connectivity index (χ1v) is 9.08. The largest absolute Gasteiger partial charge is 0.506 e. The molecule has 3 heterocycles. The summed E-state index contributed by atoms with van der Waals surface area (Å²) in [5.41, 5.74) is 1.44. The van der Waals surface area contributed by atoms with Crippen LogP contribution < -0.4 is 5.32 Å². The highest BCUT2D eigenvalue weighted by Crippen LogP contribution is 2.31. The molecule has 2 N–H and O–H groups in total. The number of fused-ring (bicyclic) bond motifs is 1. The second-order valence-corrected chi connectivity index (χ2v) is 6.60. The van der Waals surface area contributed by atoms with Crippen LogP contribution >= 0.6 is 11.6 Å². The predicted octanol–water partition coefficient (Wildman–Crippen LogP) is 3.25. The maximum Gasteiger partial charge on any atom is 0.207 e. The van der Waals surface area contributed by atoms with E-state index in [1.807, 2.05) is 35.2 Å². The fourth-order valence-corrected chi connectivity index (χ4v) is 3.00. The molecule has 4 rings (SSSR count). The molecule has 0 radical (unpaired) electrons. The van der Waals surface area contributed by atoms with Crippen LogP contribution in [0.15, 0.2) is 71.1 Å². The van der Waals surface area contributed by atoms with Crippen LogP contribution in [-0.2, 0) is 11.3 Å². The third-order valence-electron chi connectivity index (χ3n) is 4.22. The summed E-state index contributed by atoms with van der Waals surface area (Å²) in [6, 6.07) is 5.61. The van der Waals surface area contributed by atoms with E-state index in [-0.39, 0.29) is 16.5 Å². The number of halogens is 1. The van der Waals surface area contributed by atoms with Crippen molar-refractivity contribution >= 4 is 40.1 Å². The number of imidazole rings is 1. The molecule has 8 nitrogen and oxygen atoms in total. The Bertz CT molecular complexity index is 1110. The van der Waals surface area contributed by atoms with Crippen LogP contribution in [0.1, 0.15) is 6.42 Å². The minimum absolute atomic E-state index is 0.0738. The molecule has 1 aliphatic rings. The molecule has 0 aliphatic heterocycles. The first-order chi connectivity index (χ1) is 13.6. The van der Waals surface area contributed by atoms with Crippen LogP contribution in [0.4, 0.5) is 11.5 Å². The van der Waals surface area contributed by atoms with Crippen LogP contribution in [0, 0.1) is 0 Å². The van der Waals surface area contributed by atoms with E-state index in [0.717, 1.165) is 24.6 Å². The molecule has 142 valence electrons. The average Bonchev–Trinajstić information content (AvgIpc) is 3.31. The Morgan fingerprint density at radius 2 is 2.14 bits per heavy atom. The Morgan fingerprint density at radius 3 is 2.96 bits per heavy atom. The van der Waals surface area contributed by atoms with Crippen molar-refractivity contribution < 1.29 is 9.90 Å². The van der Waals surface area contributed by atoms with Crippen LogP contribution in [0.25, 0.3) is 5.52 Å². The molecule has 3 aromatic heterocycles. The molecule has 0 bridgehead atoms. The number of nitrogens with one attached hydrogen (secondary N) is 1. The SMILES string of the molecule is O=C1C=C(O)C(Cl)=CC1=Nc1c(NCCCn2ccnc2)nn2ccccc12. The zero-order valence-electron chi connectivity index (χ0n) is 14.8. The number of aryl methyl sites for hydroxylation is 1. The number of ketones is 1. The Balaban J connectivity index is 1.60. The van der Waals surface area contributed by atoms with Crippen LogP contribution in [0.3, 0.4) is 0 Å². The topological polar surface area (TPSA) is 96.8 Å². The van der Waals surface area contributed by atoms with Crippen molar-refractivity contribution in [1.82, 2.24) is 19.2 Å². The Morgan fingerprint density at radius 1 is 1.25 bits per heavy atom. The van der Waals surface area contributed by atoms with Crippen molar-refractivity contribution in [3.8, 4) is 0 Å². The predicted molar refractivity (Wildman–Crippen MR) is 107 cm³/mol. The number of carbonyl (C=O) groups excluding carboxylic acids is 1. The lowest BCUT2D eigenvalue weighted by Crippen LogP contribution is -2.14. The number of anilines is 1. The van der Waals surface area contributed by atoms with E-state index < -0.39 is 5.78 Å². The summed E-state index contributed by atoms with van der Waals surface area (Å²) in [6.45, 7) is 1.50. The molecule has 0 spiro atoms. The van der Waals surface area contributed by atoms with E-state index in [2.05, 4.69) is 20.4 Å². The molecule has 0 saturated heterocycles. The molecular formula is C19H17ClN6O2. The molecule has 0 unspecified atom stereocenters. The van der Waals surface area contributed by atoms with Crippen molar-refractivity contribution in [2.75, 3.05) is 11.9 Å². The van der Waals surface area contributed by atoms with Gasteiger partial charge in [-0.1, -0.05) is 17.7 Å². The van der Waals surface area contributed by atoms with E-state index in [1.54, 1.807) is 17.0 Å². The number of nitrogens with zero attached hydrogens (tertiary/aromatic N) is 5. The number of aliphatic imine (C=N–C) groups is 1. The van der Waals surface area contributed by atoms with Gasteiger partial charge in [-0.25, -0.2) is 14.5 Å². The summed E-state index contributed by atoms with van der Waals surface area (Å²) in [6.07, 6.45) is 10.5. The fourth-order valence-electron chi connectivity index (χ4n) is 2.84. The van der Waals surface area contributed by atoms with Gasteiger partial charge in [0, 0.05) is 37.8 Å². The van der Waals surface area contributed by atoms with Gasteiger partial charge in [-0.15, -0.1) is 5.10 Å². The summed E-state index contributed by atoms with van der Waals surface area (Å²) < 4.78 is 3.70. The number of aromatic nitrogens is 4. The van der Waals surface area contributed by atoms with Gasteiger partial charge < -0.3 is 15.0 Å². The normalized spacial score (nSPS) is 15.8. The van der Waals surface area contributed by atoms with Crippen molar-refractivity contribution in [3.05, 3.63) is 66.1 Å². The lowest BCUT2D eigenvalue weighted by molar-refractivity contribution is -0.109. The maximum atomic E-state index is 12.2. The molecule has 28 heavy (non-hydrogen) atoms. The van der Waals surface area contributed by atoms with Crippen molar-refractivity contribution in [1.29, 1.82) is 0 Å². The van der Waals surface area contributed by atoms with E-state index >= 15 is 0 Å². The number of pyridine rings is 1. The molecule has 1 aliphatic carbocycles.